The number of sulfonamides is 1. The minimum absolute atomic E-state index is 0. The number of methoxy groups -OCH3 is 2. The number of thiophene rings is 1. The summed E-state index contributed by atoms with van der Waals surface area (Å²) in [5, 5.41) is 0. The molecule has 1 aromatic carbocycles. The predicted molar refractivity (Wildman–Crippen MR) is 106 cm³/mol. The zero-order valence-electron chi connectivity index (χ0n) is 14.9. The van der Waals surface area contributed by atoms with E-state index in [2.05, 4.69) is 9.46 Å². The smallest absolute Gasteiger partial charge is 0.348 e. The van der Waals surface area contributed by atoms with Gasteiger partial charge in [-0.15, -0.1) is 23.7 Å². The molecule has 148 valence electrons. The zero-order chi connectivity index (χ0) is 18.9. The first-order valence-electron chi connectivity index (χ1n) is 8.02. The molecule has 0 radical (unpaired) electrons. The second kappa shape index (κ2) is 8.47. The maximum atomic E-state index is 12.9. The highest BCUT2D eigenvalue weighted by molar-refractivity contribution is 7.91. The number of carbonyl (C=O) groups is 1. The molecule has 1 unspecified atom stereocenters. The third-order valence-corrected chi connectivity index (χ3v) is 7.38. The lowest BCUT2D eigenvalue weighted by molar-refractivity contribution is 0.0606. The Morgan fingerprint density at radius 3 is 2.70 bits per heavy atom. The van der Waals surface area contributed by atoms with Crippen LogP contribution in [-0.4, -0.2) is 28.6 Å². The molecule has 1 aliphatic carbocycles. The molecule has 1 aromatic heterocycles. The fraction of sp³-hybridized carbons (Fsp3) is 0.353. The van der Waals surface area contributed by atoms with E-state index in [-0.39, 0.29) is 33.3 Å². The summed E-state index contributed by atoms with van der Waals surface area (Å²) in [4.78, 5) is 11.9. The summed E-state index contributed by atoms with van der Waals surface area (Å²) in [6.07, 6.45) is 2.42. The maximum absolute atomic E-state index is 12.9. The van der Waals surface area contributed by atoms with Crippen LogP contribution in [-0.2, 0) is 21.2 Å². The van der Waals surface area contributed by atoms with E-state index in [1.54, 1.807) is 6.07 Å². The molecule has 2 aromatic rings. The van der Waals surface area contributed by atoms with E-state index in [0.717, 1.165) is 35.3 Å². The number of ether oxygens (including phenoxy) is 2. The van der Waals surface area contributed by atoms with Gasteiger partial charge in [-0.05, 0) is 42.5 Å². The Morgan fingerprint density at radius 2 is 2.04 bits per heavy atom. The summed E-state index contributed by atoms with van der Waals surface area (Å²) >= 11 is 0.826. The Labute approximate surface area is 168 Å². The van der Waals surface area contributed by atoms with Crippen LogP contribution in [0.1, 0.15) is 39.7 Å². The first-order valence-corrected chi connectivity index (χ1v) is 10.3. The van der Waals surface area contributed by atoms with Crippen LogP contribution >= 0.6 is 23.7 Å². The molecule has 1 atom stereocenters. The van der Waals surface area contributed by atoms with Gasteiger partial charge in [-0.2, -0.15) is 0 Å². The number of rotatable bonds is 5. The summed E-state index contributed by atoms with van der Waals surface area (Å²) in [6, 6.07) is 6.55. The molecule has 10 heteroatoms. The van der Waals surface area contributed by atoms with Crippen molar-refractivity contribution in [3.8, 4) is 5.75 Å². The first kappa shape index (κ1) is 21.5. The third-order valence-electron chi connectivity index (χ3n) is 4.30. The quantitative estimate of drug-likeness (QED) is 0.555. The summed E-state index contributed by atoms with van der Waals surface area (Å²) in [6.45, 7) is 0. The largest absolute Gasteiger partial charge is 0.494 e. The summed E-state index contributed by atoms with van der Waals surface area (Å²) < 4.78 is 38.4. The lowest BCUT2D eigenvalue weighted by Crippen LogP contribution is -2.30. The number of aryl methyl sites for hydroxylation is 1. The van der Waals surface area contributed by atoms with Crippen molar-refractivity contribution < 1.29 is 22.7 Å². The van der Waals surface area contributed by atoms with Gasteiger partial charge in [0.05, 0.1) is 14.2 Å². The van der Waals surface area contributed by atoms with Crippen molar-refractivity contribution in [3.05, 3.63) is 40.3 Å². The lowest BCUT2D eigenvalue weighted by Gasteiger charge is -2.26. The van der Waals surface area contributed by atoms with Gasteiger partial charge in [0, 0.05) is 17.8 Å². The van der Waals surface area contributed by atoms with E-state index in [9.17, 15) is 13.2 Å². The van der Waals surface area contributed by atoms with Crippen molar-refractivity contribution >= 4 is 45.4 Å². The van der Waals surface area contributed by atoms with Gasteiger partial charge in [0.1, 0.15) is 4.88 Å². The summed E-state index contributed by atoms with van der Waals surface area (Å²) in [5.74, 6) is -0.482. The van der Waals surface area contributed by atoms with E-state index >= 15 is 0 Å². The highest BCUT2D eigenvalue weighted by Gasteiger charge is 2.30. The van der Waals surface area contributed by atoms with Crippen molar-refractivity contribution in [2.45, 2.75) is 29.5 Å². The topological polar surface area (TPSA) is 108 Å². The number of carbonyl (C=O) groups excluding carboxylic acids is 1. The highest BCUT2D eigenvalue weighted by atomic mass is 35.5. The van der Waals surface area contributed by atoms with Crippen LogP contribution in [0, 0.1) is 0 Å². The van der Waals surface area contributed by atoms with Crippen molar-refractivity contribution in [2.75, 3.05) is 20.0 Å². The van der Waals surface area contributed by atoms with Crippen molar-refractivity contribution in [1.82, 2.24) is 4.72 Å². The number of benzene rings is 1. The number of fused-ring (bicyclic) bond motifs is 1. The van der Waals surface area contributed by atoms with E-state index in [1.807, 2.05) is 12.1 Å². The minimum atomic E-state index is -3.87. The number of hydrogen-bond acceptors (Lipinski definition) is 7. The first-order chi connectivity index (χ1) is 12.4. The fourth-order valence-electron chi connectivity index (χ4n) is 3.09. The molecular weight excluding hydrogens is 412 g/mol. The fourth-order valence-corrected chi connectivity index (χ4v) is 5.85. The summed E-state index contributed by atoms with van der Waals surface area (Å²) in [5.41, 5.74) is 8.47. The molecule has 0 saturated heterocycles. The van der Waals surface area contributed by atoms with Crippen LogP contribution in [0.15, 0.2) is 28.5 Å². The van der Waals surface area contributed by atoms with Gasteiger partial charge >= 0.3 is 5.97 Å². The second-order valence-corrected chi connectivity index (χ2v) is 8.94. The zero-order valence-corrected chi connectivity index (χ0v) is 17.3. The Bertz CT molecular complexity index is 943. The second-order valence-electron chi connectivity index (χ2n) is 5.98. The molecular formula is C17H21ClN2O5S2. The average Bonchev–Trinajstić information content (AvgIpc) is 3.06. The van der Waals surface area contributed by atoms with Gasteiger partial charge in [0.25, 0.3) is 10.0 Å². The van der Waals surface area contributed by atoms with Crippen molar-refractivity contribution in [2.24, 2.45) is 0 Å². The number of halogens is 1. The van der Waals surface area contributed by atoms with E-state index in [1.165, 1.54) is 20.3 Å². The summed E-state index contributed by atoms with van der Waals surface area (Å²) in [7, 11) is -1.27. The number of hydrogen-bond donors (Lipinski definition) is 2. The number of nitrogen functional groups attached to an aromatic ring is 1. The Kier molecular flexibility index (Phi) is 6.74. The molecule has 0 aliphatic heterocycles. The molecule has 0 saturated carbocycles. The Balaban J connectivity index is 0.00000261. The maximum Gasteiger partial charge on any atom is 0.348 e. The standard InChI is InChI=1S/C17H20N2O5S2.ClH/c1-23-14-9-15(16(20)24-2)25-17(14)26(21,22)19-13-5-3-4-10-8-11(18)6-7-12(10)13;/h6-9,13,19H,3-5,18H2,1-2H3;1H. The van der Waals surface area contributed by atoms with Gasteiger partial charge in [-0.1, -0.05) is 6.07 Å². The molecule has 0 amide bonds. The molecule has 3 N–H and O–H groups in total. The van der Waals surface area contributed by atoms with Crippen molar-refractivity contribution in [1.29, 1.82) is 0 Å². The van der Waals surface area contributed by atoms with Gasteiger partial charge in [0.2, 0.25) is 0 Å². The van der Waals surface area contributed by atoms with E-state index in [4.69, 9.17) is 10.5 Å². The van der Waals surface area contributed by atoms with E-state index in [0.29, 0.717) is 12.1 Å². The normalized spacial score (nSPS) is 16.1. The van der Waals surface area contributed by atoms with Crippen LogP contribution < -0.4 is 15.2 Å². The van der Waals surface area contributed by atoms with Crippen LogP contribution in [0.3, 0.4) is 0 Å². The average molecular weight is 433 g/mol. The monoisotopic (exact) mass is 432 g/mol. The van der Waals surface area contributed by atoms with Gasteiger partial charge < -0.3 is 15.2 Å². The molecule has 27 heavy (non-hydrogen) atoms. The molecule has 1 aliphatic rings. The van der Waals surface area contributed by atoms with Crippen LogP contribution in [0.25, 0.3) is 0 Å². The minimum Gasteiger partial charge on any atom is -0.494 e. The Hall–Kier alpha value is -1.81. The molecule has 0 spiro atoms. The van der Waals surface area contributed by atoms with Crippen molar-refractivity contribution in [3.63, 3.8) is 0 Å². The number of nitrogens with two attached hydrogens (primary N) is 1. The van der Waals surface area contributed by atoms with Gasteiger partial charge in [-0.3, -0.25) is 0 Å². The van der Waals surface area contributed by atoms with Gasteiger partial charge in [0.15, 0.2) is 9.96 Å². The number of esters is 1. The molecule has 0 fully saturated rings. The number of anilines is 1. The van der Waals surface area contributed by atoms with Crippen LogP contribution in [0.5, 0.6) is 5.75 Å². The van der Waals surface area contributed by atoms with E-state index < -0.39 is 16.0 Å². The molecule has 7 nitrogen and oxygen atoms in total. The lowest BCUT2D eigenvalue weighted by atomic mass is 9.88. The highest BCUT2D eigenvalue weighted by Crippen LogP contribution is 2.37. The molecule has 3 rings (SSSR count). The predicted octanol–water partition coefficient (Wildman–Crippen LogP) is 2.90. The van der Waals surface area contributed by atoms with Gasteiger partial charge in [-0.25, -0.2) is 17.9 Å². The SMILES string of the molecule is COC(=O)c1cc(OC)c(S(=O)(=O)NC2CCCc3cc(N)ccc32)s1.Cl. The number of nitrogens with one attached hydrogen (secondary N) is 1. The van der Waals surface area contributed by atoms with Crippen LogP contribution in [0.4, 0.5) is 5.69 Å². The molecule has 0 bridgehead atoms. The third kappa shape index (κ3) is 4.37. The molecule has 1 heterocycles. The Morgan fingerprint density at radius 1 is 1.30 bits per heavy atom. The van der Waals surface area contributed by atoms with Crippen LogP contribution in [0.2, 0.25) is 0 Å².